The summed E-state index contributed by atoms with van der Waals surface area (Å²) in [6.45, 7) is 1.76. The normalized spacial score (nSPS) is 10.5. The molecule has 10 heteroatoms. The van der Waals surface area contributed by atoms with Gasteiger partial charge in [0.2, 0.25) is 0 Å². The van der Waals surface area contributed by atoms with E-state index < -0.39 is 23.6 Å². The number of hydrazine groups is 1. The van der Waals surface area contributed by atoms with E-state index in [1.165, 1.54) is 28.2 Å². The molecule has 140 valence electrons. The van der Waals surface area contributed by atoms with Crippen LogP contribution < -0.4 is 10.9 Å². The lowest BCUT2D eigenvalue weighted by atomic mass is 10.2. The van der Waals surface area contributed by atoms with Crippen LogP contribution in [0.15, 0.2) is 41.8 Å². The Balaban J connectivity index is 1.95. The van der Waals surface area contributed by atoms with Crippen LogP contribution in [-0.2, 0) is 4.74 Å². The summed E-state index contributed by atoms with van der Waals surface area (Å²) in [4.78, 5) is 24.3. The van der Waals surface area contributed by atoms with Crippen molar-refractivity contribution in [3.05, 3.63) is 59.1 Å². The third-order valence-electron chi connectivity index (χ3n) is 3.41. The fraction of sp³-hybridized carbons (Fsp3) is 0.118. The molecule has 0 atom stereocenters. The van der Waals surface area contributed by atoms with E-state index in [-0.39, 0.29) is 18.0 Å². The Kier molecular flexibility index (Phi) is 5.46. The topological polar surface area (TPSA) is 85.3 Å². The lowest BCUT2D eigenvalue weighted by Crippen LogP contribution is -2.42. The predicted octanol–water partition coefficient (Wildman–Crippen LogP) is 3.27. The Morgan fingerprint density at radius 1 is 1.22 bits per heavy atom. The Bertz CT molecular complexity index is 973. The Hall–Kier alpha value is -3.27. The van der Waals surface area contributed by atoms with Crippen LogP contribution in [-0.4, -0.2) is 28.4 Å². The monoisotopic (exact) mass is 392 g/mol. The van der Waals surface area contributed by atoms with Crippen molar-refractivity contribution in [1.82, 2.24) is 20.6 Å². The average Bonchev–Trinajstić information content (AvgIpc) is 3.29. The molecule has 3 aromatic rings. The van der Waals surface area contributed by atoms with E-state index in [9.17, 15) is 18.4 Å². The van der Waals surface area contributed by atoms with E-state index in [4.69, 9.17) is 0 Å². The molecular weight excluding hydrogens is 378 g/mol. The number of hydrogen-bond donors (Lipinski definition) is 2. The average molecular weight is 392 g/mol. The maximum atomic E-state index is 14.2. The maximum Gasteiger partial charge on any atom is 0.426 e. The number of ether oxygens (including phenoxy) is 1. The van der Waals surface area contributed by atoms with Crippen LogP contribution >= 0.6 is 11.3 Å². The molecule has 2 heterocycles. The van der Waals surface area contributed by atoms with Gasteiger partial charge < -0.3 is 4.74 Å². The summed E-state index contributed by atoms with van der Waals surface area (Å²) in [5.74, 6) is -2.27. The van der Waals surface area contributed by atoms with Gasteiger partial charge in [-0.1, -0.05) is 6.07 Å². The van der Waals surface area contributed by atoms with E-state index in [0.29, 0.717) is 5.69 Å². The SMILES string of the molecule is CCOC(=O)NNC(=O)c1cc(-c2cccs2)n(-c2ccc(F)cc2F)n1. The van der Waals surface area contributed by atoms with Crippen molar-refractivity contribution < 1.29 is 23.1 Å². The zero-order valence-electron chi connectivity index (χ0n) is 14.0. The first kappa shape index (κ1) is 18.5. The van der Waals surface area contributed by atoms with E-state index in [2.05, 4.69) is 20.7 Å². The fourth-order valence-corrected chi connectivity index (χ4v) is 2.99. The van der Waals surface area contributed by atoms with Crippen LogP contribution in [0.4, 0.5) is 13.6 Å². The zero-order chi connectivity index (χ0) is 19.4. The minimum Gasteiger partial charge on any atom is -0.449 e. The van der Waals surface area contributed by atoms with E-state index in [1.807, 2.05) is 5.38 Å². The second-order valence-electron chi connectivity index (χ2n) is 5.20. The smallest absolute Gasteiger partial charge is 0.426 e. The first-order valence-electron chi connectivity index (χ1n) is 7.82. The highest BCUT2D eigenvalue weighted by Crippen LogP contribution is 2.29. The summed E-state index contributed by atoms with van der Waals surface area (Å²) in [5.41, 5.74) is 4.58. The largest absolute Gasteiger partial charge is 0.449 e. The summed E-state index contributed by atoms with van der Waals surface area (Å²) < 4.78 is 33.3. The second kappa shape index (κ2) is 7.96. The van der Waals surface area contributed by atoms with Gasteiger partial charge in [0.15, 0.2) is 11.5 Å². The number of halogens is 2. The van der Waals surface area contributed by atoms with Crippen molar-refractivity contribution in [2.75, 3.05) is 6.61 Å². The molecule has 2 N–H and O–H groups in total. The Morgan fingerprint density at radius 2 is 2.04 bits per heavy atom. The summed E-state index contributed by atoms with van der Waals surface area (Å²) in [7, 11) is 0. The first-order chi connectivity index (χ1) is 13.0. The quantitative estimate of drug-likeness (QED) is 0.668. The van der Waals surface area contributed by atoms with Gasteiger partial charge in [-0.2, -0.15) is 5.10 Å². The number of rotatable bonds is 4. The summed E-state index contributed by atoms with van der Waals surface area (Å²) >= 11 is 1.36. The van der Waals surface area contributed by atoms with Crippen molar-refractivity contribution in [3.8, 4) is 16.3 Å². The number of benzene rings is 1. The van der Waals surface area contributed by atoms with Gasteiger partial charge in [-0.25, -0.2) is 23.7 Å². The van der Waals surface area contributed by atoms with Crippen molar-refractivity contribution in [2.45, 2.75) is 6.92 Å². The molecule has 0 spiro atoms. The van der Waals surface area contributed by atoms with Crippen molar-refractivity contribution >= 4 is 23.3 Å². The molecule has 0 unspecified atom stereocenters. The third kappa shape index (κ3) is 4.11. The standard InChI is InChI=1S/C17H14F2N4O3S/c1-2-26-17(25)21-20-16(24)12-9-14(15-4-3-7-27-15)23(22-12)13-6-5-10(18)8-11(13)19/h3-9H,2H2,1H3,(H,20,24)(H,21,25). The van der Waals surface area contributed by atoms with Crippen LogP contribution in [0.2, 0.25) is 0 Å². The molecule has 0 saturated carbocycles. The van der Waals surface area contributed by atoms with E-state index >= 15 is 0 Å². The summed E-state index contributed by atoms with van der Waals surface area (Å²) in [6, 6.07) is 8.07. The highest BCUT2D eigenvalue weighted by atomic mass is 32.1. The van der Waals surface area contributed by atoms with Crippen LogP contribution in [0.5, 0.6) is 0 Å². The molecule has 0 bridgehead atoms. The summed E-state index contributed by atoms with van der Waals surface area (Å²) in [6.07, 6.45) is -0.826. The molecule has 2 amide bonds. The minimum atomic E-state index is -0.826. The number of hydrogen-bond acceptors (Lipinski definition) is 5. The van der Waals surface area contributed by atoms with Gasteiger partial charge in [-0.05, 0) is 36.6 Å². The lowest BCUT2D eigenvalue weighted by Gasteiger charge is -2.07. The number of carbonyl (C=O) groups excluding carboxylic acids is 2. The molecule has 0 radical (unpaired) electrons. The molecule has 27 heavy (non-hydrogen) atoms. The van der Waals surface area contributed by atoms with Crippen molar-refractivity contribution in [2.24, 2.45) is 0 Å². The van der Waals surface area contributed by atoms with Crippen LogP contribution in [0.25, 0.3) is 16.3 Å². The van der Waals surface area contributed by atoms with E-state index in [1.54, 1.807) is 19.1 Å². The molecule has 3 rings (SSSR count). The molecule has 0 fully saturated rings. The second-order valence-corrected chi connectivity index (χ2v) is 6.15. The lowest BCUT2D eigenvalue weighted by molar-refractivity contribution is 0.0907. The zero-order valence-corrected chi connectivity index (χ0v) is 14.8. The van der Waals surface area contributed by atoms with Gasteiger partial charge in [-0.15, -0.1) is 11.3 Å². The number of aromatic nitrogens is 2. The molecule has 7 nitrogen and oxygen atoms in total. The number of thiophene rings is 1. The molecule has 0 saturated heterocycles. The van der Waals surface area contributed by atoms with Gasteiger partial charge in [0.25, 0.3) is 5.91 Å². The molecule has 0 aliphatic heterocycles. The fourth-order valence-electron chi connectivity index (χ4n) is 2.27. The van der Waals surface area contributed by atoms with E-state index in [0.717, 1.165) is 17.0 Å². The minimum absolute atomic E-state index is 0.0165. The third-order valence-corrected chi connectivity index (χ3v) is 4.30. The van der Waals surface area contributed by atoms with Gasteiger partial charge in [0.05, 0.1) is 17.2 Å². The highest BCUT2D eigenvalue weighted by molar-refractivity contribution is 7.13. The van der Waals surface area contributed by atoms with Crippen molar-refractivity contribution in [1.29, 1.82) is 0 Å². The van der Waals surface area contributed by atoms with Crippen molar-refractivity contribution in [3.63, 3.8) is 0 Å². The summed E-state index contributed by atoms with van der Waals surface area (Å²) in [5, 5.41) is 5.92. The predicted molar refractivity (Wildman–Crippen MR) is 94.4 cm³/mol. The highest BCUT2D eigenvalue weighted by Gasteiger charge is 2.20. The molecule has 0 aliphatic carbocycles. The van der Waals surface area contributed by atoms with Gasteiger partial charge in [-0.3, -0.25) is 10.2 Å². The molecule has 2 aromatic heterocycles. The number of carbonyl (C=O) groups is 2. The molecule has 0 aliphatic rings. The molecular formula is C17H14F2N4O3S. The Morgan fingerprint density at radius 3 is 2.70 bits per heavy atom. The number of amides is 2. The van der Waals surface area contributed by atoms with Gasteiger partial charge in [0, 0.05) is 6.07 Å². The van der Waals surface area contributed by atoms with Crippen LogP contribution in [0, 0.1) is 11.6 Å². The van der Waals surface area contributed by atoms with Gasteiger partial charge >= 0.3 is 6.09 Å². The number of nitrogens with zero attached hydrogens (tertiary/aromatic N) is 2. The Labute approximate surface area is 156 Å². The number of nitrogens with one attached hydrogen (secondary N) is 2. The van der Waals surface area contributed by atoms with Crippen LogP contribution in [0.1, 0.15) is 17.4 Å². The first-order valence-corrected chi connectivity index (χ1v) is 8.70. The molecule has 1 aromatic carbocycles. The van der Waals surface area contributed by atoms with Gasteiger partial charge in [0.1, 0.15) is 11.5 Å². The maximum absolute atomic E-state index is 14.2. The van der Waals surface area contributed by atoms with Crippen LogP contribution in [0.3, 0.4) is 0 Å².